The lowest BCUT2D eigenvalue weighted by molar-refractivity contribution is 0.355. The molecule has 0 N–H and O–H groups in total. The van der Waals surface area contributed by atoms with Gasteiger partial charge in [-0.1, -0.05) is 12.2 Å². The molecule has 0 bridgehead atoms. The first-order valence-corrected chi connectivity index (χ1v) is 5.42. The van der Waals surface area contributed by atoms with Crippen LogP contribution in [0.5, 0.6) is 0 Å². The number of allylic oxidation sites excluding steroid dienone is 4. The summed E-state index contributed by atoms with van der Waals surface area (Å²) < 4.78 is 20.4. The van der Waals surface area contributed by atoms with Gasteiger partial charge in [-0.05, 0) is 25.0 Å². The molecule has 0 spiro atoms. The van der Waals surface area contributed by atoms with E-state index in [1.807, 2.05) is 0 Å². The van der Waals surface area contributed by atoms with E-state index in [9.17, 15) is 4.57 Å². The quantitative estimate of drug-likeness (QED) is 0.352. The number of hydrogen-bond donors (Lipinski definition) is 0. The molecule has 0 saturated carbocycles. The van der Waals surface area contributed by atoms with Crippen molar-refractivity contribution in [3.05, 3.63) is 50.0 Å². The molecule has 3 nitrogen and oxygen atoms in total. The highest BCUT2D eigenvalue weighted by Gasteiger charge is 1.90. The number of hydrogen-bond acceptors (Lipinski definition) is 3. The molecular formula is C10H15O3P. The summed E-state index contributed by atoms with van der Waals surface area (Å²) in [5, 5.41) is 0. The zero-order chi connectivity index (χ0) is 10.6. The van der Waals surface area contributed by atoms with E-state index in [1.165, 1.54) is 12.5 Å². The summed E-state index contributed by atoms with van der Waals surface area (Å²) in [6, 6.07) is 0. The molecule has 0 amide bonds. The Morgan fingerprint density at radius 2 is 1.43 bits per heavy atom. The Hall–Kier alpha value is -1.21. The van der Waals surface area contributed by atoms with E-state index >= 15 is 0 Å². The first-order chi connectivity index (χ1) is 6.81. The van der Waals surface area contributed by atoms with Crippen LogP contribution >= 0.6 is 8.25 Å². The van der Waals surface area contributed by atoms with Crippen molar-refractivity contribution >= 4 is 8.25 Å². The summed E-state index contributed by atoms with van der Waals surface area (Å²) in [6.07, 6.45) is 10.9. The smallest absolute Gasteiger partial charge is 0.417 e. The summed E-state index contributed by atoms with van der Waals surface area (Å²) in [7, 11) is -2.44. The fraction of sp³-hybridized carbons (Fsp3) is 0.200. The van der Waals surface area contributed by atoms with E-state index in [-0.39, 0.29) is 0 Å². The summed E-state index contributed by atoms with van der Waals surface area (Å²) >= 11 is 0. The topological polar surface area (TPSA) is 35.5 Å². The molecule has 0 radical (unpaired) electrons. The van der Waals surface area contributed by atoms with Gasteiger partial charge >= 0.3 is 8.25 Å². The zero-order valence-corrected chi connectivity index (χ0v) is 9.02. The van der Waals surface area contributed by atoms with Gasteiger partial charge in [-0.15, -0.1) is 13.2 Å². The standard InChI is InChI=1S/C10H15O3P/c1-3-5-7-9-12-14(11)13-10-8-6-4-2/h3-4,7-10,14H,1-2,5-6H2. The normalized spacial score (nSPS) is 12.9. The Bertz CT molecular complexity index is 220. The Morgan fingerprint density at radius 3 is 1.79 bits per heavy atom. The van der Waals surface area contributed by atoms with Crippen LogP contribution in [0.25, 0.3) is 0 Å². The maximum atomic E-state index is 11.0. The summed E-state index contributed by atoms with van der Waals surface area (Å²) in [6.45, 7) is 7.04. The molecule has 0 aromatic carbocycles. The lowest BCUT2D eigenvalue weighted by Crippen LogP contribution is -1.69. The van der Waals surface area contributed by atoms with Gasteiger partial charge in [0.1, 0.15) is 0 Å². The van der Waals surface area contributed by atoms with E-state index < -0.39 is 8.25 Å². The van der Waals surface area contributed by atoms with Gasteiger partial charge in [-0.3, -0.25) is 0 Å². The Morgan fingerprint density at radius 1 is 1.00 bits per heavy atom. The highest BCUT2D eigenvalue weighted by atomic mass is 31.1. The minimum Gasteiger partial charge on any atom is -0.426 e. The summed E-state index contributed by atoms with van der Waals surface area (Å²) in [4.78, 5) is 0. The van der Waals surface area contributed by atoms with Crippen LogP contribution in [-0.4, -0.2) is 0 Å². The second-order valence-corrected chi connectivity index (χ2v) is 3.25. The average Bonchev–Trinajstić information content (AvgIpc) is 2.19. The SMILES string of the molecule is C=CCC=CO[PH](=O)OC=CCC=C. The molecular weight excluding hydrogens is 199 g/mol. The molecule has 0 unspecified atom stereocenters. The molecule has 0 aliphatic carbocycles. The van der Waals surface area contributed by atoms with Crippen molar-refractivity contribution in [2.24, 2.45) is 0 Å². The Labute approximate surface area is 85.4 Å². The van der Waals surface area contributed by atoms with Crippen molar-refractivity contribution in [2.45, 2.75) is 12.8 Å². The van der Waals surface area contributed by atoms with E-state index in [1.54, 1.807) is 24.3 Å². The molecule has 0 saturated heterocycles. The molecule has 14 heavy (non-hydrogen) atoms. The van der Waals surface area contributed by atoms with Crippen LogP contribution in [0.3, 0.4) is 0 Å². The average molecular weight is 214 g/mol. The van der Waals surface area contributed by atoms with Crippen LogP contribution < -0.4 is 0 Å². The fourth-order valence-electron chi connectivity index (χ4n) is 0.539. The highest BCUT2D eigenvalue weighted by Crippen LogP contribution is 2.24. The van der Waals surface area contributed by atoms with Crippen molar-refractivity contribution in [3.63, 3.8) is 0 Å². The third-order valence-electron chi connectivity index (χ3n) is 1.13. The van der Waals surface area contributed by atoms with Crippen LogP contribution in [-0.2, 0) is 13.6 Å². The minimum atomic E-state index is -2.44. The van der Waals surface area contributed by atoms with Gasteiger partial charge < -0.3 is 9.05 Å². The molecule has 0 aliphatic heterocycles. The number of rotatable bonds is 8. The largest absolute Gasteiger partial charge is 0.426 e. The third kappa shape index (κ3) is 8.88. The summed E-state index contributed by atoms with van der Waals surface area (Å²) in [5.41, 5.74) is 0. The third-order valence-corrected chi connectivity index (χ3v) is 1.78. The lowest BCUT2D eigenvalue weighted by atomic mass is 10.4. The van der Waals surface area contributed by atoms with Crippen molar-refractivity contribution in [1.82, 2.24) is 0 Å². The van der Waals surface area contributed by atoms with Gasteiger partial charge in [0.05, 0.1) is 12.5 Å². The van der Waals surface area contributed by atoms with Gasteiger partial charge in [-0.2, -0.15) is 0 Å². The van der Waals surface area contributed by atoms with E-state index in [0.29, 0.717) is 12.8 Å². The van der Waals surface area contributed by atoms with Crippen LogP contribution in [0.1, 0.15) is 12.8 Å². The maximum Gasteiger partial charge on any atom is 0.417 e. The monoisotopic (exact) mass is 214 g/mol. The van der Waals surface area contributed by atoms with Crippen LogP contribution in [0.4, 0.5) is 0 Å². The molecule has 0 atom stereocenters. The maximum absolute atomic E-state index is 11.0. The molecule has 0 aliphatic rings. The molecule has 0 aromatic heterocycles. The minimum absolute atomic E-state index is 0.682. The van der Waals surface area contributed by atoms with E-state index in [2.05, 4.69) is 13.2 Å². The van der Waals surface area contributed by atoms with Crippen LogP contribution in [0.15, 0.2) is 50.0 Å². The van der Waals surface area contributed by atoms with E-state index in [0.717, 1.165) is 0 Å². The van der Waals surface area contributed by atoms with Gasteiger partial charge in [-0.25, -0.2) is 4.57 Å². The van der Waals surface area contributed by atoms with Crippen molar-refractivity contribution in [2.75, 3.05) is 0 Å². The molecule has 0 heterocycles. The Kier molecular flexibility index (Phi) is 9.02. The van der Waals surface area contributed by atoms with Gasteiger partial charge in [0.2, 0.25) is 0 Å². The predicted molar refractivity (Wildman–Crippen MR) is 59.1 cm³/mol. The Balaban J connectivity index is 3.54. The second-order valence-electron chi connectivity index (χ2n) is 2.28. The van der Waals surface area contributed by atoms with E-state index in [4.69, 9.17) is 9.05 Å². The highest BCUT2D eigenvalue weighted by molar-refractivity contribution is 7.33. The summed E-state index contributed by atoms with van der Waals surface area (Å²) in [5.74, 6) is 0. The van der Waals surface area contributed by atoms with Crippen molar-refractivity contribution in [3.8, 4) is 0 Å². The second kappa shape index (κ2) is 9.87. The lowest BCUT2D eigenvalue weighted by Gasteiger charge is -1.98. The van der Waals surface area contributed by atoms with Crippen LogP contribution in [0, 0.1) is 0 Å². The van der Waals surface area contributed by atoms with Gasteiger partial charge in [0.25, 0.3) is 0 Å². The first-order valence-electron chi connectivity index (χ1n) is 4.20. The molecule has 4 heteroatoms. The molecule has 0 rings (SSSR count). The van der Waals surface area contributed by atoms with Crippen molar-refractivity contribution < 1.29 is 13.6 Å². The van der Waals surface area contributed by atoms with Gasteiger partial charge in [0.15, 0.2) is 0 Å². The molecule has 0 aromatic rings. The molecule has 78 valence electrons. The first kappa shape index (κ1) is 12.8. The van der Waals surface area contributed by atoms with Crippen LogP contribution in [0.2, 0.25) is 0 Å². The molecule has 0 fully saturated rings. The zero-order valence-electron chi connectivity index (χ0n) is 8.02. The fourth-order valence-corrected chi connectivity index (χ4v) is 1.01. The van der Waals surface area contributed by atoms with Gasteiger partial charge in [0, 0.05) is 0 Å². The van der Waals surface area contributed by atoms with Crippen molar-refractivity contribution in [1.29, 1.82) is 0 Å². The predicted octanol–water partition coefficient (Wildman–Crippen LogP) is 3.59.